The van der Waals surface area contributed by atoms with Gasteiger partial charge in [0.1, 0.15) is 5.25 Å². The van der Waals surface area contributed by atoms with E-state index in [9.17, 15) is 22.8 Å². The molecule has 0 spiro atoms. The first-order chi connectivity index (χ1) is 15.1. The van der Waals surface area contributed by atoms with Gasteiger partial charge in [-0.1, -0.05) is 48.5 Å². The van der Waals surface area contributed by atoms with Gasteiger partial charge in [0.05, 0.1) is 22.0 Å². The van der Waals surface area contributed by atoms with Crippen LogP contribution in [-0.4, -0.2) is 33.7 Å². The lowest BCUT2D eigenvalue weighted by atomic mass is 10.1. The summed E-state index contributed by atoms with van der Waals surface area (Å²) in [6.07, 6.45) is -4.01. The SMILES string of the molecule is CCc1ccccc1N=C1SC(CC(=O)Nc2cc(C(F)(F)F)ccc2Cl)C(=O)N1CC. The molecule has 2 amide bonds. The number of anilines is 1. The minimum atomic E-state index is -4.57. The van der Waals surface area contributed by atoms with Gasteiger partial charge < -0.3 is 5.32 Å². The van der Waals surface area contributed by atoms with Gasteiger partial charge in [0, 0.05) is 13.0 Å². The molecule has 1 aliphatic rings. The second-order valence-electron chi connectivity index (χ2n) is 7.01. The fourth-order valence-corrected chi connectivity index (χ4v) is 4.58. The number of carbonyl (C=O) groups excluding carboxylic acids is 2. The van der Waals surface area contributed by atoms with Crippen LogP contribution in [0.4, 0.5) is 24.5 Å². The molecule has 3 rings (SSSR count). The normalized spacial score (nSPS) is 17.8. The first kappa shape index (κ1) is 24.1. The summed E-state index contributed by atoms with van der Waals surface area (Å²) in [5.41, 5.74) is 0.707. The van der Waals surface area contributed by atoms with Crippen molar-refractivity contribution < 1.29 is 22.8 Å². The van der Waals surface area contributed by atoms with E-state index in [1.165, 1.54) is 16.7 Å². The van der Waals surface area contributed by atoms with Crippen molar-refractivity contribution in [1.82, 2.24) is 4.90 Å². The number of aliphatic imine (C=N–C) groups is 1. The third-order valence-corrected chi connectivity index (χ3v) is 6.37. The summed E-state index contributed by atoms with van der Waals surface area (Å²) in [6, 6.07) is 10.3. The summed E-state index contributed by atoms with van der Waals surface area (Å²) in [6.45, 7) is 4.21. The number of hydrogen-bond donors (Lipinski definition) is 1. The van der Waals surface area contributed by atoms with E-state index in [1.54, 1.807) is 0 Å². The van der Waals surface area contributed by atoms with Crippen molar-refractivity contribution >= 4 is 51.7 Å². The van der Waals surface area contributed by atoms with Gasteiger partial charge in [-0.25, -0.2) is 4.99 Å². The molecular formula is C22H21ClF3N3O2S. The number of nitrogens with zero attached hydrogens (tertiary/aromatic N) is 2. The average Bonchev–Trinajstić information content (AvgIpc) is 3.03. The molecule has 0 radical (unpaired) electrons. The van der Waals surface area contributed by atoms with Gasteiger partial charge in [-0.2, -0.15) is 13.2 Å². The van der Waals surface area contributed by atoms with Crippen LogP contribution in [0, 0.1) is 0 Å². The zero-order valence-electron chi connectivity index (χ0n) is 17.4. The molecule has 1 N–H and O–H groups in total. The van der Waals surface area contributed by atoms with E-state index in [0.717, 1.165) is 35.9 Å². The molecule has 32 heavy (non-hydrogen) atoms. The first-order valence-corrected chi connectivity index (χ1v) is 11.2. The number of carbonyl (C=O) groups is 2. The van der Waals surface area contributed by atoms with E-state index in [0.29, 0.717) is 11.7 Å². The molecule has 0 bridgehead atoms. The van der Waals surface area contributed by atoms with Crippen LogP contribution in [0.15, 0.2) is 47.5 Å². The summed E-state index contributed by atoms with van der Waals surface area (Å²) >= 11 is 7.11. The monoisotopic (exact) mass is 483 g/mol. The van der Waals surface area contributed by atoms with E-state index in [2.05, 4.69) is 10.3 Å². The number of benzene rings is 2. The second-order valence-corrected chi connectivity index (χ2v) is 8.59. The summed E-state index contributed by atoms with van der Waals surface area (Å²) in [7, 11) is 0. The Bertz CT molecular complexity index is 1060. The zero-order chi connectivity index (χ0) is 23.5. The number of alkyl halides is 3. The number of amidine groups is 1. The Hall–Kier alpha value is -2.52. The number of amides is 2. The van der Waals surface area contributed by atoms with Crippen LogP contribution in [-0.2, 0) is 22.2 Å². The van der Waals surface area contributed by atoms with Crippen LogP contribution < -0.4 is 5.32 Å². The molecule has 5 nitrogen and oxygen atoms in total. The maximum Gasteiger partial charge on any atom is 0.416 e. The molecule has 2 aromatic carbocycles. The van der Waals surface area contributed by atoms with Gasteiger partial charge in [0.2, 0.25) is 11.8 Å². The standard InChI is InChI=1S/C22H21ClF3N3O2S/c1-3-13-7-5-6-8-16(13)28-21-29(4-2)20(31)18(32-21)12-19(30)27-17-11-14(22(24,25)26)9-10-15(17)23/h5-11,18H,3-4,12H2,1-2H3,(H,27,30). The third kappa shape index (κ3) is 5.45. The summed E-state index contributed by atoms with van der Waals surface area (Å²) in [4.78, 5) is 31.5. The van der Waals surface area contributed by atoms with E-state index in [-0.39, 0.29) is 23.0 Å². The Morgan fingerprint density at radius 1 is 1.22 bits per heavy atom. The molecule has 1 aliphatic heterocycles. The predicted molar refractivity (Wildman–Crippen MR) is 121 cm³/mol. The third-order valence-electron chi connectivity index (χ3n) is 4.86. The fraction of sp³-hybridized carbons (Fsp3) is 0.318. The lowest BCUT2D eigenvalue weighted by Crippen LogP contribution is -2.33. The number of aryl methyl sites for hydroxylation is 1. The van der Waals surface area contributed by atoms with Crippen molar-refractivity contribution in [2.24, 2.45) is 4.99 Å². The number of thioether (sulfide) groups is 1. The zero-order valence-corrected chi connectivity index (χ0v) is 18.9. The predicted octanol–water partition coefficient (Wildman–Crippen LogP) is 5.90. The molecule has 0 aliphatic carbocycles. The van der Waals surface area contributed by atoms with E-state index >= 15 is 0 Å². The Kier molecular flexibility index (Phi) is 7.51. The molecule has 1 saturated heterocycles. The van der Waals surface area contributed by atoms with E-state index in [1.807, 2.05) is 38.1 Å². The highest BCUT2D eigenvalue weighted by Crippen LogP contribution is 2.35. The number of halogens is 4. The van der Waals surface area contributed by atoms with Crippen LogP contribution in [0.2, 0.25) is 5.02 Å². The number of hydrogen-bond acceptors (Lipinski definition) is 4. The Labute approximate surface area is 193 Å². The highest BCUT2D eigenvalue weighted by Gasteiger charge is 2.38. The van der Waals surface area contributed by atoms with Gasteiger partial charge in [-0.15, -0.1) is 0 Å². The Morgan fingerprint density at radius 2 is 1.94 bits per heavy atom. The molecule has 170 valence electrons. The quantitative estimate of drug-likeness (QED) is 0.556. The minimum Gasteiger partial charge on any atom is -0.325 e. The second kappa shape index (κ2) is 9.95. The smallest absolute Gasteiger partial charge is 0.325 e. The van der Waals surface area contributed by atoms with Crippen molar-refractivity contribution in [3.63, 3.8) is 0 Å². The highest BCUT2D eigenvalue weighted by atomic mass is 35.5. The molecule has 1 heterocycles. The molecule has 1 atom stereocenters. The molecule has 0 aromatic heterocycles. The van der Waals surface area contributed by atoms with Crippen molar-refractivity contribution in [3.05, 3.63) is 58.6 Å². The van der Waals surface area contributed by atoms with E-state index in [4.69, 9.17) is 11.6 Å². The Morgan fingerprint density at radius 3 is 2.59 bits per heavy atom. The minimum absolute atomic E-state index is 0.0228. The van der Waals surface area contributed by atoms with Crippen LogP contribution in [0.25, 0.3) is 0 Å². The van der Waals surface area contributed by atoms with Crippen molar-refractivity contribution in [3.8, 4) is 0 Å². The topological polar surface area (TPSA) is 61.8 Å². The maximum absolute atomic E-state index is 13.0. The molecule has 0 saturated carbocycles. The van der Waals surface area contributed by atoms with Crippen LogP contribution in [0.3, 0.4) is 0 Å². The molecular weight excluding hydrogens is 463 g/mol. The van der Waals surface area contributed by atoms with Gasteiger partial charge in [-0.3, -0.25) is 14.5 Å². The van der Waals surface area contributed by atoms with Gasteiger partial charge in [-0.05, 0) is 43.2 Å². The van der Waals surface area contributed by atoms with Gasteiger partial charge in [0.15, 0.2) is 5.17 Å². The average molecular weight is 484 g/mol. The molecule has 10 heteroatoms. The van der Waals surface area contributed by atoms with Crippen molar-refractivity contribution in [2.75, 3.05) is 11.9 Å². The largest absolute Gasteiger partial charge is 0.416 e. The summed E-state index contributed by atoms with van der Waals surface area (Å²) in [5.74, 6) is -0.876. The fourth-order valence-electron chi connectivity index (χ4n) is 3.21. The molecule has 2 aromatic rings. The van der Waals surface area contributed by atoms with Gasteiger partial charge >= 0.3 is 6.18 Å². The van der Waals surface area contributed by atoms with Crippen LogP contribution >= 0.6 is 23.4 Å². The lowest BCUT2D eigenvalue weighted by Gasteiger charge is -2.14. The van der Waals surface area contributed by atoms with Crippen molar-refractivity contribution in [1.29, 1.82) is 0 Å². The number of rotatable bonds is 6. The number of nitrogens with one attached hydrogen (secondary N) is 1. The highest BCUT2D eigenvalue weighted by molar-refractivity contribution is 8.15. The molecule has 1 fully saturated rings. The number of para-hydroxylation sites is 1. The molecule has 1 unspecified atom stereocenters. The Balaban J connectivity index is 1.76. The first-order valence-electron chi connectivity index (χ1n) is 9.95. The van der Waals surface area contributed by atoms with Gasteiger partial charge in [0.25, 0.3) is 0 Å². The van der Waals surface area contributed by atoms with Crippen LogP contribution in [0.1, 0.15) is 31.4 Å². The lowest BCUT2D eigenvalue weighted by molar-refractivity contribution is -0.137. The van der Waals surface area contributed by atoms with Crippen molar-refractivity contribution in [2.45, 2.75) is 38.1 Å². The van der Waals surface area contributed by atoms with E-state index < -0.39 is 22.9 Å². The summed E-state index contributed by atoms with van der Waals surface area (Å²) in [5, 5.41) is 2.13. The summed E-state index contributed by atoms with van der Waals surface area (Å²) < 4.78 is 38.9. The maximum atomic E-state index is 13.0. The van der Waals surface area contributed by atoms with Crippen LogP contribution in [0.5, 0.6) is 0 Å².